The minimum Gasteiger partial charge on any atom is -0.480 e. The summed E-state index contributed by atoms with van der Waals surface area (Å²) in [6.45, 7) is 1.20. The highest BCUT2D eigenvalue weighted by molar-refractivity contribution is 5.93. The molecule has 0 aliphatic heterocycles. The lowest BCUT2D eigenvalue weighted by atomic mass is 10.0. The number of carbonyl (C=O) groups excluding carboxylic acids is 3. The Labute approximate surface area is 186 Å². The number of amides is 3. The fraction of sp³-hybridized carbons (Fsp3) is 0.304. The zero-order chi connectivity index (χ0) is 23.5. The maximum Gasteiger partial charge on any atom is 0.326 e. The molecule has 3 amide bonds. The van der Waals surface area contributed by atoms with E-state index in [4.69, 9.17) is 5.73 Å². The average molecular weight is 441 g/mol. The average Bonchev–Trinajstić information content (AvgIpc) is 2.79. The van der Waals surface area contributed by atoms with E-state index >= 15 is 0 Å². The third-order valence-electron chi connectivity index (χ3n) is 4.77. The Morgan fingerprint density at radius 3 is 1.72 bits per heavy atom. The lowest BCUT2D eigenvalue weighted by Gasteiger charge is -2.23. The second-order valence-electron chi connectivity index (χ2n) is 7.33. The third-order valence-corrected chi connectivity index (χ3v) is 4.77. The van der Waals surface area contributed by atoms with Crippen LogP contribution in [0, 0.1) is 0 Å². The molecule has 0 saturated heterocycles. The number of hydrogen-bond acceptors (Lipinski definition) is 5. The van der Waals surface area contributed by atoms with Crippen molar-refractivity contribution in [1.82, 2.24) is 16.0 Å². The molecule has 3 atom stereocenters. The van der Waals surface area contributed by atoms with E-state index in [1.807, 2.05) is 12.1 Å². The van der Waals surface area contributed by atoms with Crippen LogP contribution in [-0.4, -0.2) is 53.5 Å². The fourth-order valence-electron chi connectivity index (χ4n) is 3.04. The summed E-state index contributed by atoms with van der Waals surface area (Å²) < 4.78 is 0. The maximum atomic E-state index is 13.0. The Morgan fingerprint density at radius 1 is 0.781 bits per heavy atom. The number of nitrogens with two attached hydrogens (primary N) is 1. The molecule has 2 rings (SSSR count). The van der Waals surface area contributed by atoms with Crippen LogP contribution in [0.15, 0.2) is 60.7 Å². The zero-order valence-corrected chi connectivity index (χ0v) is 17.8. The van der Waals surface area contributed by atoms with E-state index in [0.717, 1.165) is 11.1 Å². The van der Waals surface area contributed by atoms with Gasteiger partial charge in [-0.15, -0.1) is 0 Å². The van der Waals surface area contributed by atoms with Gasteiger partial charge in [0, 0.05) is 12.8 Å². The molecular formula is C23H28N4O5. The maximum absolute atomic E-state index is 13.0. The summed E-state index contributed by atoms with van der Waals surface area (Å²) >= 11 is 0. The van der Waals surface area contributed by atoms with Gasteiger partial charge in [0.15, 0.2) is 0 Å². The van der Waals surface area contributed by atoms with Gasteiger partial charge in [0.05, 0.1) is 6.54 Å². The lowest BCUT2D eigenvalue weighted by Crippen LogP contribution is -2.56. The van der Waals surface area contributed by atoms with Gasteiger partial charge in [-0.25, -0.2) is 4.79 Å². The molecule has 0 aliphatic carbocycles. The summed E-state index contributed by atoms with van der Waals surface area (Å²) in [5.74, 6) is -2.92. The summed E-state index contributed by atoms with van der Waals surface area (Å²) in [4.78, 5) is 48.8. The summed E-state index contributed by atoms with van der Waals surface area (Å²) in [6.07, 6.45) is 0.241. The predicted octanol–water partition coefficient (Wildman–Crippen LogP) is -0.0106. The number of rotatable bonds is 11. The smallest absolute Gasteiger partial charge is 0.326 e. The molecule has 0 radical (unpaired) electrons. The molecule has 0 saturated carbocycles. The van der Waals surface area contributed by atoms with Crippen molar-refractivity contribution in [3.05, 3.63) is 71.8 Å². The van der Waals surface area contributed by atoms with Gasteiger partial charge in [-0.3, -0.25) is 14.4 Å². The molecule has 0 fully saturated rings. The number of nitrogens with one attached hydrogen (secondary N) is 3. The second kappa shape index (κ2) is 12.2. The van der Waals surface area contributed by atoms with E-state index in [0.29, 0.717) is 0 Å². The Kier molecular flexibility index (Phi) is 9.37. The Hall–Kier alpha value is -3.72. The predicted molar refractivity (Wildman–Crippen MR) is 118 cm³/mol. The molecule has 0 heterocycles. The molecule has 170 valence electrons. The van der Waals surface area contributed by atoms with E-state index < -0.39 is 41.8 Å². The molecule has 0 spiro atoms. The van der Waals surface area contributed by atoms with E-state index in [-0.39, 0.29) is 19.4 Å². The van der Waals surface area contributed by atoms with Crippen LogP contribution in [0.5, 0.6) is 0 Å². The molecule has 32 heavy (non-hydrogen) atoms. The van der Waals surface area contributed by atoms with Gasteiger partial charge in [0.2, 0.25) is 17.7 Å². The summed E-state index contributed by atoms with van der Waals surface area (Å²) in [5, 5.41) is 17.1. The molecule has 9 nitrogen and oxygen atoms in total. The van der Waals surface area contributed by atoms with Crippen LogP contribution in [0.1, 0.15) is 18.1 Å². The molecular weight excluding hydrogens is 412 g/mol. The van der Waals surface area contributed by atoms with Gasteiger partial charge in [0.25, 0.3) is 0 Å². The van der Waals surface area contributed by atoms with E-state index in [9.17, 15) is 24.3 Å². The van der Waals surface area contributed by atoms with Gasteiger partial charge in [-0.1, -0.05) is 60.7 Å². The number of benzene rings is 2. The van der Waals surface area contributed by atoms with Crippen LogP contribution in [0.25, 0.3) is 0 Å². The van der Waals surface area contributed by atoms with Gasteiger partial charge >= 0.3 is 5.97 Å². The van der Waals surface area contributed by atoms with Crippen molar-refractivity contribution in [3.8, 4) is 0 Å². The molecule has 9 heteroatoms. The van der Waals surface area contributed by atoms with E-state index in [1.54, 1.807) is 48.5 Å². The normalized spacial score (nSPS) is 13.3. The topological polar surface area (TPSA) is 151 Å². The summed E-state index contributed by atoms with van der Waals surface area (Å²) in [6, 6.07) is 14.8. The number of carboxylic acids is 1. The third kappa shape index (κ3) is 7.84. The van der Waals surface area contributed by atoms with Crippen LogP contribution in [0.2, 0.25) is 0 Å². The van der Waals surface area contributed by atoms with Crippen molar-refractivity contribution >= 4 is 23.7 Å². The molecule has 0 bridgehead atoms. The van der Waals surface area contributed by atoms with Gasteiger partial charge < -0.3 is 26.8 Å². The van der Waals surface area contributed by atoms with Crippen LogP contribution in [0.3, 0.4) is 0 Å². The van der Waals surface area contributed by atoms with Crippen molar-refractivity contribution < 1.29 is 24.3 Å². The van der Waals surface area contributed by atoms with Crippen molar-refractivity contribution in [2.75, 3.05) is 6.54 Å². The van der Waals surface area contributed by atoms with Crippen molar-refractivity contribution in [1.29, 1.82) is 0 Å². The minimum absolute atomic E-state index is 0.0941. The summed E-state index contributed by atoms with van der Waals surface area (Å²) in [7, 11) is 0. The zero-order valence-electron chi connectivity index (χ0n) is 17.8. The van der Waals surface area contributed by atoms with Crippen LogP contribution in [0.4, 0.5) is 0 Å². The van der Waals surface area contributed by atoms with Gasteiger partial charge in [-0.2, -0.15) is 0 Å². The highest BCUT2D eigenvalue weighted by Crippen LogP contribution is 2.07. The largest absolute Gasteiger partial charge is 0.480 e. The monoisotopic (exact) mass is 440 g/mol. The van der Waals surface area contributed by atoms with Gasteiger partial charge in [0.1, 0.15) is 18.1 Å². The molecule has 0 aliphatic rings. The number of carbonyl (C=O) groups is 4. The standard InChI is InChI=1S/C23H28N4O5/c1-15(25-20(28)14-24)21(29)26-18(12-16-8-4-2-5-9-16)22(30)27-19(23(31)32)13-17-10-6-3-7-11-17/h2-11,15,18-19H,12-14,24H2,1H3,(H,25,28)(H,26,29)(H,27,30)(H,31,32). The van der Waals surface area contributed by atoms with E-state index in [1.165, 1.54) is 6.92 Å². The van der Waals surface area contributed by atoms with Crippen LogP contribution >= 0.6 is 0 Å². The Bertz CT molecular complexity index is 920. The highest BCUT2D eigenvalue weighted by Gasteiger charge is 2.28. The quantitative estimate of drug-likeness (QED) is 0.332. The SMILES string of the molecule is CC(NC(=O)CN)C(=O)NC(Cc1ccccc1)C(=O)NC(Cc1ccccc1)C(=O)O. The molecule has 3 unspecified atom stereocenters. The first-order valence-corrected chi connectivity index (χ1v) is 10.2. The van der Waals surface area contributed by atoms with Crippen molar-refractivity contribution in [2.45, 2.75) is 37.9 Å². The Balaban J connectivity index is 2.15. The first-order valence-electron chi connectivity index (χ1n) is 10.2. The number of carboxylic acid groups (broad SMARTS) is 1. The second-order valence-corrected chi connectivity index (χ2v) is 7.33. The molecule has 2 aromatic carbocycles. The van der Waals surface area contributed by atoms with Crippen molar-refractivity contribution in [2.24, 2.45) is 5.73 Å². The van der Waals surface area contributed by atoms with E-state index in [2.05, 4.69) is 16.0 Å². The molecule has 0 aromatic heterocycles. The van der Waals surface area contributed by atoms with Gasteiger partial charge in [-0.05, 0) is 18.1 Å². The summed E-state index contributed by atoms with van der Waals surface area (Å²) in [5.41, 5.74) is 6.79. The number of hydrogen-bond donors (Lipinski definition) is 5. The van der Waals surface area contributed by atoms with Crippen LogP contribution in [-0.2, 0) is 32.0 Å². The first kappa shape index (κ1) is 24.5. The first-order chi connectivity index (χ1) is 15.3. The molecule has 6 N–H and O–H groups in total. The molecule has 2 aromatic rings. The van der Waals surface area contributed by atoms with Crippen LogP contribution < -0.4 is 21.7 Å². The fourth-order valence-corrected chi connectivity index (χ4v) is 3.04. The Morgan fingerprint density at radius 2 is 1.25 bits per heavy atom. The number of aliphatic carboxylic acids is 1. The lowest BCUT2D eigenvalue weighted by molar-refractivity contribution is -0.142. The highest BCUT2D eigenvalue weighted by atomic mass is 16.4. The minimum atomic E-state index is -1.18. The van der Waals surface area contributed by atoms with Crippen molar-refractivity contribution in [3.63, 3.8) is 0 Å².